The Bertz CT molecular complexity index is 673. The average Bonchev–Trinajstić information content (AvgIpc) is 2.40. The first kappa shape index (κ1) is 14.9. The van der Waals surface area contributed by atoms with Crippen molar-refractivity contribution in [3.05, 3.63) is 53.6 Å². The quantitative estimate of drug-likeness (QED) is 0.847. The molecule has 2 rings (SSSR count). The van der Waals surface area contributed by atoms with Crippen molar-refractivity contribution in [1.82, 2.24) is 0 Å². The second kappa shape index (κ2) is 5.48. The van der Waals surface area contributed by atoms with Crippen LogP contribution >= 0.6 is 0 Å². The molecule has 0 aliphatic rings. The molecular weight excluding hydrogens is 264 g/mol. The Morgan fingerprint density at radius 1 is 1.10 bits per heavy atom. The number of amides is 1. The number of carbonyl (C=O) groups is 1. The maximum Gasteiger partial charge on any atom is 0.250 e. The summed E-state index contributed by atoms with van der Waals surface area (Å²) in [7, 11) is 0. The summed E-state index contributed by atoms with van der Waals surface area (Å²) in [6.07, 6.45) is 0. The molecule has 0 aliphatic heterocycles. The molecule has 1 amide bonds. The first-order valence-electron chi connectivity index (χ1n) is 6.76. The number of benzene rings is 2. The molecule has 2 aromatic rings. The molecule has 0 saturated carbocycles. The predicted octanol–water partition coefficient (Wildman–Crippen LogP) is 3.46. The van der Waals surface area contributed by atoms with Gasteiger partial charge in [0.2, 0.25) is 0 Å². The van der Waals surface area contributed by atoms with E-state index in [1.807, 2.05) is 24.3 Å². The second-order valence-corrected chi connectivity index (χ2v) is 5.96. The first-order valence-corrected chi connectivity index (χ1v) is 6.76. The van der Waals surface area contributed by atoms with Crippen molar-refractivity contribution in [2.24, 2.45) is 5.73 Å². The molecule has 0 spiro atoms. The smallest absolute Gasteiger partial charge is 0.250 e. The van der Waals surface area contributed by atoms with Crippen LogP contribution in [0.4, 0.5) is 5.69 Å². The van der Waals surface area contributed by atoms with Crippen molar-refractivity contribution >= 4 is 11.6 Å². The molecule has 0 heterocycles. The van der Waals surface area contributed by atoms with Gasteiger partial charge in [0, 0.05) is 11.3 Å². The first-order chi connectivity index (χ1) is 9.79. The van der Waals surface area contributed by atoms with Gasteiger partial charge in [0.05, 0.1) is 5.56 Å². The number of para-hydroxylation sites is 1. The Hall–Kier alpha value is -2.49. The summed E-state index contributed by atoms with van der Waals surface area (Å²) < 4.78 is 5.92. The summed E-state index contributed by atoms with van der Waals surface area (Å²) in [6.45, 7) is 6.35. The van der Waals surface area contributed by atoms with Crippen LogP contribution < -0.4 is 16.2 Å². The van der Waals surface area contributed by atoms with Gasteiger partial charge in [-0.2, -0.15) is 0 Å². The monoisotopic (exact) mass is 284 g/mol. The van der Waals surface area contributed by atoms with Gasteiger partial charge in [-0.25, -0.2) is 0 Å². The number of hydrogen-bond donors (Lipinski definition) is 2. The van der Waals surface area contributed by atoms with E-state index in [-0.39, 0.29) is 11.0 Å². The van der Waals surface area contributed by atoms with E-state index in [0.717, 1.165) is 11.3 Å². The van der Waals surface area contributed by atoms with E-state index in [1.165, 1.54) is 0 Å². The Morgan fingerprint density at radius 3 is 2.38 bits per heavy atom. The van der Waals surface area contributed by atoms with Crippen molar-refractivity contribution < 1.29 is 9.53 Å². The van der Waals surface area contributed by atoms with Crippen LogP contribution in [0.1, 0.15) is 36.7 Å². The summed E-state index contributed by atoms with van der Waals surface area (Å²) in [5.41, 5.74) is 12.7. The maximum absolute atomic E-state index is 11.3. The topological polar surface area (TPSA) is 78.3 Å². The van der Waals surface area contributed by atoms with Crippen molar-refractivity contribution in [1.29, 1.82) is 0 Å². The highest BCUT2D eigenvalue weighted by Crippen LogP contribution is 2.34. The van der Waals surface area contributed by atoms with Crippen molar-refractivity contribution in [3.8, 4) is 11.5 Å². The molecule has 0 fully saturated rings. The zero-order chi connectivity index (χ0) is 15.6. The molecule has 21 heavy (non-hydrogen) atoms. The minimum atomic E-state index is -0.568. The lowest BCUT2D eigenvalue weighted by Crippen LogP contribution is -2.14. The van der Waals surface area contributed by atoms with Crippen LogP contribution in [0.2, 0.25) is 0 Å². The van der Waals surface area contributed by atoms with Crippen molar-refractivity contribution in [2.45, 2.75) is 26.2 Å². The molecule has 0 radical (unpaired) electrons. The van der Waals surface area contributed by atoms with Crippen LogP contribution in [0.15, 0.2) is 42.5 Å². The van der Waals surface area contributed by atoms with Gasteiger partial charge in [-0.1, -0.05) is 39.0 Å². The van der Waals surface area contributed by atoms with Gasteiger partial charge in [0.15, 0.2) is 0 Å². The van der Waals surface area contributed by atoms with E-state index in [2.05, 4.69) is 20.8 Å². The Labute approximate surface area is 124 Å². The largest absolute Gasteiger partial charge is 0.457 e. The minimum absolute atomic E-state index is 0.0447. The maximum atomic E-state index is 11.3. The number of hydrogen-bond acceptors (Lipinski definition) is 3. The molecule has 2 aromatic carbocycles. The number of rotatable bonds is 3. The molecule has 0 saturated heterocycles. The Morgan fingerprint density at radius 2 is 1.76 bits per heavy atom. The fourth-order valence-electron chi connectivity index (χ4n) is 2.11. The van der Waals surface area contributed by atoms with E-state index < -0.39 is 5.91 Å². The zero-order valence-corrected chi connectivity index (χ0v) is 12.5. The van der Waals surface area contributed by atoms with Crippen LogP contribution in [-0.4, -0.2) is 5.91 Å². The third kappa shape index (κ3) is 3.34. The van der Waals surface area contributed by atoms with E-state index in [0.29, 0.717) is 11.4 Å². The van der Waals surface area contributed by atoms with Crippen LogP contribution in [-0.2, 0) is 5.41 Å². The third-order valence-corrected chi connectivity index (χ3v) is 3.21. The minimum Gasteiger partial charge on any atom is -0.457 e. The van der Waals surface area contributed by atoms with E-state index >= 15 is 0 Å². The zero-order valence-electron chi connectivity index (χ0n) is 12.5. The van der Waals surface area contributed by atoms with Gasteiger partial charge >= 0.3 is 0 Å². The summed E-state index contributed by atoms with van der Waals surface area (Å²) in [4.78, 5) is 11.3. The van der Waals surface area contributed by atoms with Crippen molar-refractivity contribution in [3.63, 3.8) is 0 Å². The number of anilines is 1. The summed E-state index contributed by atoms with van der Waals surface area (Å²) >= 11 is 0. The SMILES string of the molecule is CC(C)(C)c1ccccc1Oc1ccc(N)c(C(N)=O)c1. The highest BCUT2D eigenvalue weighted by Gasteiger charge is 2.19. The lowest BCUT2D eigenvalue weighted by molar-refractivity contribution is 0.100. The Balaban J connectivity index is 2.40. The molecule has 110 valence electrons. The molecular formula is C17H20N2O2. The Kier molecular flexibility index (Phi) is 3.89. The molecule has 0 unspecified atom stereocenters. The molecule has 0 aromatic heterocycles. The van der Waals surface area contributed by atoms with Crippen molar-refractivity contribution in [2.75, 3.05) is 5.73 Å². The highest BCUT2D eigenvalue weighted by atomic mass is 16.5. The van der Waals surface area contributed by atoms with Crippen LogP contribution in [0.25, 0.3) is 0 Å². The van der Waals surface area contributed by atoms with Crippen LogP contribution in [0.3, 0.4) is 0 Å². The fraction of sp³-hybridized carbons (Fsp3) is 0.235. The number of nitrogens with two attached hydrogens (primary N) is 2. The lowest BCUT2D eigenvalue weighted by Gasteiger charge is -2.22. The predicted molar refractivity (Wildman–Crippen MR) is 84.6 cm³/mol. The standard InChI is InChI=1S/C17H20N2O2/c1-17(2,3)13-6-4-5-7-15(13)21-11-8-9-14(18)12(10-11)16(19)20/h4-10H,18H2,1-3H3,(H2,19,20). The van der Waals surface area contributed by atoms with Gasteiger partial charge in [0.1, 0.15) is 11.5 Å². The second-order valence-electron chi connectivity index (χ2n) is 5.96. The van der Waals surface area contributed by atoms with E-state index in [1.54, 1.807) is 18.2 Å². The van der Waals surface area contributed by atoms with Gasteiger partial charge in [-0.05, 0) is 29.7 Å². The molecule has 0 aliphatic carbocycles. The molecule has 4 heteroatoms. The van der Waals surface area contributed by atoms with Gasteiger partial charge < -0.3 is 16.2 Å². The molecule has 0 atom stereocenters. The summed E-state index contributed by atoms with van der Waals surface area (Å²) in [6, 6.07) is 12.7. The fourth-order valence-corrected chi connectivity index (χ4v) is 2.11. The number of nitrogen functional groups attached to an aromatic ring is 1. The van der Waals surface area contributed by atoms with Gasteiger partial charge in [0.25, 0.3) is 5.91 Å². The van der Waals surface area contributed by atoms with E-state index in [9.17, 15) is 4.79 Å². The van der Waals surface area contributed by atoms with E-state index in [4.69, 9.17) is 16.2 Å². The number of primary amides is 1. The lowest BCUT2D eigenvalue weighted by atomic mass is 9.86. The normalized spacial score (nSPS) is 11.2. The van der Waals surface area contributed by atoms with Crippen LogP contribution in [0.5, 0.6) is 11.5 Å². The molecule has 4 nitrogen and oxygen atoms in total. The summed E-state index contributed by atoms with van der Waals surface area (Å²) in [5, 5.41) is 0. The highest BCUT2D eigenvalue weighted by molar-refractivity contribution is 5.98. The van der Waals surface area contributed by atoms with Gasteiger partial charge in [-0.15, -0.1) is 0 Å². The third-order valence-electron chi connectivity index (χ3n) is 3.21. The number of carbonyl (C=O) groups excluding carboxylic acids is 1. The van der Waals surface area contributed by atoms with Crippen LogP contribution in [0, 0.1) is 0 Å². The average molecular weight is 284 g/mol. The molecule has 0 bridgehead atoms. The number of ether oxygens (including phenoxy) is 1. The van der Waals surface area contributed by atoms with Gasteiger partial charge in [-0.3, -0.25) is 4.79 Å². The summed E-state index contributed by atoms with van der Waals surface area (Å²) in [5.74, 6) is 0.724. The molecule has 4 N–H and O–H groups in total.